The molecule has 1 N–H and O–H groups in total. The van der Waals surface area contributed by atoms with Crippen LogP contribution in [0, 0.1) is 11.7 Å². The zero-order chi connectivity index (χ0) is 17.1. The first kappa shape index (κ1) is 16.1. The molecule has 128 valence electrons. The molecule has 2 unspecified atom stereocenters. The Bertz CT molecular complexity index is 846. The van der Waals surface area contributed by atoms with Gasteiger partial charge in [-0.15, -0.1) is 0 Å². The van der Waals surface area contributed by atoms with E-state index in [4.69, 9.17) is 4.74 Å². The molecule has 4 rings (SSSR count). The van der Waals surface area contributed by atoms with E-state index in [0.717, 1.165) is 25.3 Å². The molecule has 2 atom stereocenters. The number of ether oxygens (including phenoxy) is 1. The third-order valence-electron chi connectivity index (χ3n) is 5.09. The lowest BCUT2D eigenvalue weighted by Gasteiger charge is -2.32. The minimum Gasteiger partial charge on any atom is -0.493 e. The van der Waals surface area contributed by atoms with Gasteiger partial charge in [-0.2, -0.15) is 0 Å². The van der Waals surface area contributed by atoms with Gasteiger partial charge in [-0.25, -0.2) is 4.39 Å². The van der Waals surface area contributed by atoms with Gasteiger partial charge in [0.25, 0.3) is 0 Å². The summed E-state index contributed by atoms with van der Waals surface area (Å²) in [6.07, 6.45) is 1.05. The van der Waals surface area contributed by atoms with E-state index in [1.165, 1.54) is 16.3 Å². The summed E-state index contributed by atoms with van der Waals surface area (Å²) in [4.78, 5) is 0. The molecule has 25 heavy (non-hydrogen) atoms. The molecular weight excluding hydrogens is 313 g/mol. The molecule has 0 spiro atoms. The highest BCUT2D eigenvalue weighted by atomic mass is 19.1. The summed E-state index contributed by atoms with van der Waals surface area (Å²) in [5, 5.41) is 5.87. The van der Waals surface area contributed by atoms with Crippen molar-refractivity contribution in [2.75, 3.05) is 19.7 Å². The topological polar surface area (TPSA) is 21.3 Å². The van der Waals surface area contributed by atoms with Gasteiger partial charge >= 0.3 is 0 Å². The van der Waals surface area contributed by atoms with Gasteiger partial charge in [-0.1, -0.05) is 42.5 Å². The molecule has 1 aliphatic heterocycles. The van der Waals surface area contributed by atoms with Crippen LogP contribution in [0.4, 0.5) is 4.39 Å². The Morgan fingerprint density at radius 1 is 0.960 bits per heavy atom. The van der Waals surface area contributed by atoms with Crippen molar-refractivity contribution in [1.82, 2.24) is 5.32 Å². The van der Waals surface area contributed by atoms with Crippen LogP contribution in [0.1, 0.15) is 17.9 Å². The number of hydrogen-bond donors (Lipinski definition) is 1. The molecular formula is C22H22FNO. The van der Waals surface area contributed by atoms with Crippen LogP contribution in [0.25, 0.3) is 10.8 Å². The Hall–Kier alpha value is -2.39. The van der Waals surface area contributed by atoms with Gasteiger partial charge in [0.1, 0.15) is 11.6 Å². The van der Waals surface area contributed by atoms with Gasteiger partial charge in [0.05, 0.1) is 6.61 Å². The average Bonchev–Trinajstić information content (AvgIpc) is 2.67. The molecule has 1 heterocycles. The molecule has 0 saturated carbocycles. The molecule has 2 nitrogen and oxygen atoms in total. The van der Waals surface area contributed by atoms with Crippen molar-refractivity contribution >= 4 is 10.8 Å². The number of fused-ring (bicyclic) bond motifs is 1. The van der Waals surface area contributed by atoms with Gasteiger partial charge in [-0.3, -0.25) is 0 Å². The zero-order valence-corrected chi connectivity index (χ0v) is 14.1. The highest BCUT2D eigenvalue weighted by molar-refractivity contribution is 5.83. The number of piperidine rings is 1. The largest absolute Gasteiger partial charge is 0.493 e. The van der Waals surface area contributed by atoms with Crippen LogP contribution in [0.15, 0.2) is 66.7 Å². The predicted octanol–water partition coefficient (Wildman–Crippen LogP) is 4.75. The molecule has 3 heteroatoms. The normalized spacial score (nSPS) is 20.5. The van der Waals surface area contributed by atoms with E-state index in [2.05, 4.69) is 29.6 Å². The van der Waals surface area contributed by atoms with Crippen molar-refractivity contribution < 1.29 is 9.13 Å². The van der Waals surface area contributed by atoms with E-state index in [1.807, 2.05) is 30.3 Å². The van der Waals surface area contributed by atoms with E-state index in [9.17, 15) is 4.39 Å². The number of halogens is 1. The summed E-state index contributed by atoms with van der Waals surface area (Å²) in [5.41, 5.74) is 1.20. The summed E-state index contributed by atoms with van der Waals surface area (Å²) >= 11 is 0. The highest BCUT2D eigenvalue weighted by Crippen LogP contribution is 2.31. The molecule has 1 aliphatic rings. The molecule has 1 saturated heterocycles. The van der Waals surface area contributed by atoms with Crippen LogP contribution >= 0.6 is 0 Å². The van der Waals surface area contributed by atoms with Crippen LogP contribution in [0.2, 0.25) is 0 Å². The van der Waals surface area contributed by atoms with Crippen molar-refractivity contribution in [2.24, 2.45) is 5.92 Å². The zero-order valence-electron chi connectivity index (χ0n) is 14.1. The van der Waals surface area contributed by atoms with Crippen molar-refractivity contribution in [3.05, 3.63) is 78.1 Å². The smallest absolute Gasteiger partial charge is 0.123 e. The van der Waals surface area contributed by atoms with Crippen LogP contribution < -0.4 is 10.1 Å². The molecule has 3 aromatic rings. The molecule has 3 aromatic carbocycles. The monoisotopic (exact) mass is 335 g/mol. The van der Waals surface area contributed by atoms with Gasteiger partial charge in [0.15, 0.2) is 0 Å². The van der Waals surface area contributed by atoms with Crippen molar-refractivity contribution in [3.63, 3.8) is 0 Å². The van der Waals surface area contributed by atoms with Gasteiger partial charge in [0, 0.05) is 12.5 Å². The second kappa shape index (κ2) is 7.24. The number of rotatable bonds is 4. The van der Waals surface area contributed by atoms with E-state index < -0.39 is 0 Å². The lowest BCUT2D eigenvalue weighted by atomic mass is 9.81. The first-order valence-electron chi connectivity index (χ1n) is 8.87. The van der Waals surface area contributed by atoms with Crippen molar-refractivity contribution in [2.45, 2.75) is 12.3 Å². The second-order valence-corrected chi connectivity index (χ2v) is 6.73. The maximum Gasteiger partial charge on any atom is 0.123 e. The van der Waals surface area contributed by atoms with E-state index in [-0.39, 0.29) is 5.82 Å². The maximum atomic E-state index is 13.2. The predicted molar refractivity (Wildman–Crippen MR) is 99.6 cm³/mol. The first-order chi connectivity index (χ1) is 12.3. The Balaban J connectivity index is 1.48. The van der Waals surface area contributed by atoms with Gasteiger partial charge in [0.2, 0.25) is 0 Å². The van der Waals surface area contributed by atoms with Crippen LogP contribution in [0.5, 0.6) is 5.75 Å². The minimum atomic E-state index is -0.179. The summed E-state index contributed by atoms with van der Waals surface area (Å²) in [5.74, 6) is 1.51. The number of benzene rings is 3. The third-order valence-corrected chi connectivity index (χ3v) is 5.09. The lowest BCUT2D eigenvalue weighted by molar-refractivity contribution is 0.197. The Kier molecular flexibility index (Phi) is 4.66. The summed E-state index contributed by atoms with van der Waals surface area (Å²) in [7, 11) is 0. The third kappa shape index (κ3) is 3.67. The molecule has 0 aliphatic carbocycles. The van der Waals surface area contributed by atoms with Crippen LogP contribution in [-0.4, -0.2) is 19.7 Å². The SMILES string of the molecule is Fc1ccc(C2CCNCC2COc2ccc3ccccc3c2)cc1. The fourth-order valence-electron chi connectivity index (χ4n) is 3.71. The Labute approximate surface area is 147 Å². The molecule has 1 fully saturated rings. The maximum absolute atomic E-state index is 13.2. The van der Waals surface area contributed by atoms with Crippen LogP contribution in [0.3, 0.4) is 0 Å². The van der Waals surface area contributed by atoms with E-state index >= 15 is 0 Å². The first-order valence-corrected chi connectivity index (χ1v) is 8.87. The fraction of sp³-hybridized carbons (Fsp3) is 0.273. The van der Waals surface area contributed by atoms with Crippen LogP contribution in [-0.2, 0) is 0 Å². The Morgan fingerprint density at radius 2 is 1.76 bits per heavy atom. The quantitative estimate of drug-likeness (QED) is 0.743. The highest BCUT2D eigenvalue weighted by Gasteiger charge is 2.27. The Morgan fingerprint density at radius 3 is 2.60 bits per heavy atom. The summed E-state index contributed by atoms with van der Waals surface area (Å²) in [6.45, 7) is 2.58. The molecule has 0 bridgehead atoms. The molecule has 0 aromatic heterocycles. The second-order valence-electron chi connectivity index (χ2n) is 6.73. The van der Waals surface area contributed by atoms with E-state index in [0.29, 0.717) is 18.4 Å². The van der Waals surface area contributed by atoms with Gasteiger partial charge < -0.3 is 10.1 Å². The van der Waals surface area contributed by atoms with E-state index in [1.54, 1.807) is 12.1 Å². The standard InChI is InChI=1S/C22H22FNO/c23-20-8-5-17(6-9-20)22-11-12-24-14-19(22)15-25-21-10-7-16-3-1-2-4-18(16)13-21/h1-10,13,19,22,24H,11-12,14-15H2. The van der Waals surface area contributed by atoms with Gasteiger partial charge in [-0.05, 0) is 59.5 Å². The van der Waals surface area contributed by atoms with Crippen molar-refractivity contribution in [1.29, 1.82) is 0 Å². The fourth-order valence-corrected chi connectivity index (χ4v) is 3.71. The van der Waals surface area contributed by atoms with Crippen molar-refractivity contribution in [3.8, 4) is 5.75 Å². The number of nitrogens with one attached hydrogen (secondary N) is 1. The minimum absolute atomic E-state index is 0.179. The number of hydrogen-bond acceptors (Lipinski definition) is 2. The molecule has 0 radical (unpaired) electrons. The summed E-state index contributed by atoms with van der Waals surface area (Å²) < 4.78 is 19.3. The average molecular weight is 335 g/mol. The summed E-state index contributed by atoms with van der Waals surface area (Å²) in [6, 6.07) is 21.5. The molecule has 0 amide bonds. The lowest BCUT2D eigenvalue weighted by Crippen LogP contribution is -2.38.